The average Bonchev–Trinajstić information content (AvgIpc) is 2.95. The van der Waals surface area contributed by atoms with Gasteiger partial charge in [0.05, 0.1) is 16.8 Å². The SMILES string of the molecule is C=CC(=O)N(/C=C/C)CCN(C)/C(=N/c1c(C)cccc1SC(C)C)c1cc(F)c(-c2c(O)cccc2F)nc1NC=O. The molecule has 11 heteroatoms. The topological polar surface area (TPSA) is 98.1 Å². The zero-order valence-electron chi connectivity index (χ0n) is 24.8. The number of allylic oxidation sites excluding steroid dienone is 1. The molecule has 0 aliphatic heterocycles. The molecule has 0 fully saturated rings. The Morgan fingerprint density at radius 1 is 1.19 bits per heavy atom. The number of phenols is 1. The third-order valence-electron chi connectivity index (χ3n) is 6.25. The van der Waals surface area contributed by atoms with Crippen molar-refractivity contribution in [3.63, 3.8) is 0 Å². The lowest BCUT2D eigenvalue weighted by molar-refractivity contribution is -0.123. The van der Waals surface area contributed by atoms with E-state index < -0.39 is 28.6 Å². The lowest BCUT2D eigenvalue weighted by Gasteiger charge is -2.26. The van der Waals surface area contributed by atoms with Gasteiger partial charge in [0, 0.05) is 36.5 Å². The largest absolute Gasteiger partial charge is 0.507 e. The van der Waals surface area contributed by atoms with Gasteiger partial charge in [0.15, 0.2) is 5.82 Å². The maximum atomic E-state index is 15.8. The van der Waals surface area contributed by atoms with E-state index in [1.54, 1.807) is 42.9 Å². The molecule has 0 saturated carbocycles. The monoisotopic (exact) mass is 607 g/mol. The molecule has 43 heavy (non-hydrogen) atoms. The van der Waals surface area contributed by atoms with Crippen LogP contribution in [-0.2, 0) is 9.59 Å². The summed E-state index contributed by atoms with van der Waals surface area (Å²) in [5, 5.41) is 13.0. The van der Waals surface area contributed by atoms with Crippen molar-refractivity contribution in [1.82, 2.24) is 14.8 Å². The number of benzene rings is 2. The van der Waals surface area contributed by atoms with Gasteiger partial charge in [-0.15, -0.1) is 11.8 Å². The molecule has 0 aliphatic carbocycles. The van der Waals surface area contributed by atoms with Gasteiger partial charge in [-0.2, -0.15) is 0 Å². The molecular weight excluding hydrogens is 572 g/mol. The molecule has 0 spiro atoms. The van der Waals surface area contributed by atoms with E-state index in [1.165, 1.54) is 23.1 Å². The fraction of sp³-hybridized carbons (Fsp3) is 0.250. The van der Waals surface area contributed by atoms with E-state index in [0.717, 1.165) is 22.6 Å². The number of aromatic hydroxyl groups is 1. The molecule has 2 N–H and O–H groups in total. The van der Waals surface area contributed by atoms with E-state index in [2.05, 4.69) is 30.7 Å². The summed E-state index contributed by atoms with van der Waals surface area (Å²) < 4.78 is 30.5. The zero-order valence-corrected chi connectivity index (χ0v) is 25.6. The van der Waals surface area contributed by atoms with Crippen molar-refractivity contribution in [3.8, 4) is 17.0 Å². The molecule has 1 aromatic heterocycles. The normalized spacial score (nSPS) is 11.6. The number of nitrogens with zero attached hydrogens (tertiary/aromatic N) is 4. The summed E-state index contributed by atoms with van der Waals surface area (Å²) in [5.74, 6) is -2.48. The minimum Gasteiger partial charge on any atom is -0.507 e. The van der Waals surface area contributed by atoms with Gasteiger partial charge < -0.3 is 20.2 Å². The first-order valence-electron chi connectivity index (χ1n) is 13.5. The molecule has 2 aromatic carbocycles. The number of phenolic OH excluding ortho intramolecular Hbond substituents is 1. The Morgan fingerprint density at radius 2 is 1.91 bits per heavy atom. The van der Waals surface area contributed by atoms with Crippen molar-refractivity contribution in [1.29, 1.82) is 0 Å². The van der Waals surface area contributed by atoms with Crippen LogP contribution in [-0.4, -0.2) is 63.4 Å². The van der Waals surface area contributed by atoms with E-state index in [0.29, 0.717) is 12.1 Å². The number of carbonyl (C=O) groups excluding carboxylic acids is 2. The first-order valence-corrected chi connectivity index (χ1v) is 14.4. The molecule has 8 nitrogen and oxygen atoms in total. The highest BCUT2D eigenvalue weighted by Crippen LogP contribution is 2.37. The first kappa shape index (κ1) is 33.0. The van der Waals surface area contributed by atoms with Crippen LogP contribution >= 0.6 is 11.8 Å². The number of carbonyl (C=O) groups is 2. The van der Waals surface area contributed by atoms with Crippen molar-refractivity contribution >= 4 is 41.4 Å². The van der Waals surface area contributed by atoms with Crippen LogP contribution in [0, 0.1) is 18.6 Å². The maximum Gasteiger partial charge on any atom is 0.249 e. The molecule has 1 heterocycles. The number of aromatic nitrogens is 1. The molecule has 0 unspecified atom stereocenters. The maximum absolute atomic E-state index is 15.8. The van der Waals surface area contributed by atoms with Gasteiger partial charge in [-0.3, -0.25) is 9.59 Å². The van der Waals surface area contributed by atoms with Crippen LogP contribution in [0.2, 0.25) is 0 Å². The molecule has 3 rings (SSSR count). The van der Waals surface area contributed by atoms with Crippen molar-refractivity contribution in [2.75, 3.05) is 25.5 Å². The highest BCUT2D eigenvalue weighted by atomic mass is 32.2. The Kier molecular flexibility index (Phi) is 11.6. The second-order valence-electron chi connectivity index (χ2n) is 9.77. The number of amidine groups is 1. The van der Waals surface area contributed by atoms with Gasteiger partial charge in [0.1, 0.15) is 28.9 Å². The van der Waals surface area contributed by atoms with Gasteiger partial charge in [-0.1, -0.05) is 44.7 Å². The third-order valence-corrected chi connectivity index (χ3v) is 7.30. The van der Waals surface area contributed by atoms with Gasteiger partial charge in [-0.25, -0.2) is 18.8 Å². The van der Waals surface area contributed by atoms with E-state index in [4.69, 9.17) is 4.99 Å². The van der Waals surface area contributed by atoms with Crippen molar-refractivity contribution < 1.29 is 23.5 Å². The van der Waals surface area contributed by atoms with Crippen LogP contribution in [0.3, 0.4) is 0 Å². The van der Waals surface area contributed by atoms with Crippen molar-refractivity contribution in [2.24, 2.45) is 4.99 Å². The summed E-state index contributed by atoms with van der Waals surface area (Å²) in [4.78, 5) is 37.4. The quantitative estimate of drug-likeness (QED) is 0.0785. The van der Waals surface area contributed by atoms with E-state index in [-0.39, 0.29) is 41.5 Å². The van der Waals surface area contributed by atoms with E-state index in [1.807, 2.05) is 25.1 Å². The number of amides is 2. The number of aryl methyl sites for hydroxylation is 1. The highest BCUT2D eigenvalue weighted by Gasteiger charge is 2.24. The average molecular weight is 608 g/mol. The van der Waals surface area contributed by atoms with Crippen LogP contribution in [0.1, 0.15) is 31.9 Å². The molecule has 2 amide bonds. The zero-order chi connectivity index (χ0) is 31.7. The fourth-order valence-corrected chi connectivity index (χ4v) is 5.23. The number of rotatable bonds is 12. The molecule has 3 aromatic rings. The lowest BCUT2D eigenvalue weighted by Crippen LogP contribution is -2.37. The molecule has 0 saturated heterocycles. The van der Waals surface area contributed by atoms with Gasteiger partial charge >= 0.3 is 0 Å². The van der Waals surface area contributed by atoms with Gasteiger partial charge in [-0.05, 0) is 49.8 Å². The predicted molar refractivity (Wildman–Crippen MR) is 169 cm³/mol. The number of anilines is 1. The summed E-state index contributed by atoms with van der Waals surface area (Å²) in [5.41, 5.74) is 0.701. The smallest absolute Gasteiger partial charge is 0.249 e. The number of hydrogen-bond donors (Lipinski definition) is 2. The van der Waals surface area contributed by atoms with Crippen molar-refractivity contribution in [2.45, 2.75) is 37.8 Å². The molecule has 226 valence electrons. The van der Waals surface area contributed by atoms with Crippen LogP contribution in [0.4, 0.5) is 20.3 Å². The van der Waals surface area contributed by atoms with Crippen LogP contribution < -0.4 is 5.32 Å². The fourth-order valence-electron chi connectivity index (χ4n) is 4.25. The summed E-state index contributed by atoms with van der Waals surface area (Å²) >= 11 is 1.61. The molecule has 0 aliphatic rings. The predicted octanol–water partition coefficient (Wildman–Crippen LogP) is 6.67. The minimum absolute atomic E-state index is 0.0984. The summed E-state index contributed by atoms with van der Waals surface area (Å²) in [6.45, 7) is 11.9. The summed E-state index contributed by atoms with van der Waals surface area (Å²) in [6, 6.07) is 10.5. The van der Waals surface area contributed by atoms with Crippen LogP contribution in [0.25, 0.3) is 11.3 Å². The standard InChI is InChI=1S/C32H35F2N5O3S/c1-7-15-39(27(42)8-2)17-16-38(6)32(37-29-21(5)11-9-14-26(29)43-20(3)4)22-18-24(34)30(36-31(22)35-19-40)28-23(33)12-10-13-25(28)41/h7-15,18-20,41H,2,16-17H2,1,3-6H3,(H,35,36,40)/b15-7+,37-32+. The first-order chi connectivity index (χ1) is 20.5. The Labute approximate surface area is 254 Å². The molecule has 0 radical (unpaired) electrons. The summed E-state index contributed by atoms with van der Waals surface area (Å²) in [7, 11) is 1.72. The number of thioether (sulfide) groups is 1. The Balaban J connectivity index is 2.27. The second-order valence-corrected chi connectivity index (χ2v) is 11.4. The van der Waals surface area contributed by atoms with E-state index >= 15 is 4.39 Å². The molecule has 0 atom stereocenters. The van der Waals surface area contributed by atoms with Crippen LogP contribution in [0.15, 0.2) is 77.3 Å². The summed E-state index contributed by atoms with van der Waals surface area (Å²) in [6.07, 6.45) is 4.93. The van der Waals surface area contributed by atoms with Gasteiger partial charge in [0.2, 0.25) is 12.3 Å². The number of nitrogens with one attached hydrogen (secondary N) is 1. The second kappa shape index (κ2) is 15.1. The number of para-hydroxylation sites is 1. The number of halogens is 2. The molecular formula is C32H35F2N5O3S. The Morgan fingerprint density at radius 3 is 2.53 bits per heavy atom. The number of likely N-dealkylation sites (N-methyl/N-ethyl adjacent to an activating group) is 1. The third kappa shape index (κ3) is 8.07. The Hall–Kier alpha value is -4.51. The molecule has 0 bridgehead atoms. The van der Waals surface area contributed by atoms with Crippen LogP contribution in [0.5, 0.6) is 5.75 Å². The number of aliphatic imine (C=N–C) groups is 1. The Bertz CT molecular complexity index is 1540. The van der Waals surface area contributed by atoms with Crippen molar-refractivity contribution in [3.05, 3.63) is 90.2 Å². The van der Waals surface area contributed by atoms with Gasteiger partial charge in [0.25, 0.3) is 0 Å². The highest BCUT2D eigenvalue weighted by molar-refractivity contribution is 8.00. The number of pyridine rings is 1. The minimum atomic E-state index is -0.938. The lowest BCUT2D eigenvalue weighted by atomic mass is 10.1. The van der Waals surface area contributed by atoms with E-state index in [9.17, 15) is 19.1 Å². The number of hydrogen-bond acceptors (Lipinski definition) is 6.